The quantitative estimate of drug-likeness (QED) is 0.788. The molecule has 0 aliphatic rings. The third kappa shape index (κ3) is 2.61. The number of fused-ring (bicyclic) bond motifs is 1. The van der Waals surface area contributed by atoms with Crippen LogP contribution in [-0.2, 0) is 6.61 Å². The number of hydrogen-bond acceptors (Lipinski definition) is 4. The molecule has 5 heteroatoms. The van der Waals surface area contributed by atoms with E-state index in [2.05, 4.69) is 4.98 Å². The summed E-state index contributed by atoms with van der Waals surface area (Å²) in [5.41, 5.74) is 2.31. The second-order valence-corrected chi connectivity index (χ2v) is 5.39. The molecule has 0 amide bonds. The number of oxazole rings is 1. The summed E-state index contributed by atoms with van der Waals surface area (Å²) in [6.45, 7) is -0.0628. The van der Waals surface area contributed by atoms with Crippen LogP contribution in [-0.4, -0.2) is 10.1 Å². The minimum Gasteiger partial charge on any atom is -0.431 e. The molecule has 0 radical (unpaired) electrons. The van der Waals surface area contributed by atoms with E-state index in [1.165, 1.54) is 11.8 Å². The first-order valence-electron chi connectivity index (χ1n) is 5.69. The van der Waals surface area contributed by atoms with Crippen molar-refractivity contribution >= 4 is 34.5 Å². The van der Waals surface area contributed by atoms with Gasteiger partial charge in [-0.05, 0) is 41.6 Å². The number of hydrogen-bond donors (Lipinski definition) is 1. The fourth-order valence-electron chi connectivity index (χ4n) is 1.72. The predicted octanol–water partition coefficient (Wildman–Crippen LogP) is 4.12. The molecule has 19 heavy (non-hydrogen) atoms. The van der Waals surface area contributed by atoms with Crippen molar-refractivity contribution in [3.8, 4) is 0 Å². The van der Waals surface area contributed by atoms with E-state index in [4.69, 9.17) is 21.1 Å². The van der Waals surface area contributed by atoms with Crippen molar-refractivity contribution in [3.63, 3.8) is 0 Å². The molecule has 0 fully saturated rings. The normalized spacial score (nSPS) is 11.1. The van der Waals surface area contributed by atoms with Gasteiger partial charge in [0.05, 0.1) is 6.61 Å². The Balaban J connectivity index is 1.90. The van der Waals surface area contributed by atoms with Crippen molar-refractivity contribution in [2.24, 2.45) is 0 Å². The minimum atomic E-state index is -0.0628. The molecule has 0 aliphatic heterocycles. The van der Waals surface area contributed by atoms with E-state index in [-0.39, 0.29) is 6.61 Å². The van der Waals surface area contributed by atoms with E-state index in [1.54, 1.807) is 12.1 Å². The number of aliphatic hydroxyl groups is 1. The molecule has 0 unspecified atom stereocenters. The van der Waals surface area contributed by atoms with Gasteiger partial charge in [0.1, 0.15) is 5.52 Å². The maximum Gasteiger partial charge on any atom is 0.261 e. The van der Waals surface area contributed by atoms with Crippen LogP contribution in [0.2, 0.25) is 5.02 Å². The Morgan fingerprint density at radius 3 is 2.79 bits per heavy atom. The summed E-state index contributed by atoms with van der Waals surface area (Å²) in [6, 6.07) is 13.1. The number of rotatable bonds is 3. The molecule has 1 N–H and O–H groups in total. The van der Waals surface area contributed by atoms with Crippen LogP contribution >= 0.6 is 23.4 Å². The van der Waals surface area contributed by atoms with Crippen LogP contribution in [0.4, 0.5) is 0 Å². The van der Waals surface area contributed by atoms with Crippen molar-refractivity contribution in [1.82, 2.24) is 4.98 Å². The molecular weight excluding hydrogens is 282 g/mol. The highest BCUT2D eigenvalue weighted by Gasteiger charge is 2.08. The van der Waals surface area contributed by atoms with Gasteiger partial charge >= 0.3 is 0 Å². The van der Waals surface area contributed by atoms with Gasteiger partial charge in [0.2, 0.25) is 0 Å². The third-order valence-corrected chi connectivity index (χ3v) is 3.87. The fourth-order valence-corrected chi connectivity index (χ4v) is 2.81. The van der Waals surface area contributed by atoms with Gasteiger partial charge in [-0.3, -0.25) is 0 Å². The van der Waals surface area contributed by atoms with Gasteiger partial charge in [-0.25, -0.2) is 4.98 Å². The van der Waals surface area contributed by atoms with Gasteiger partial charge in [0.25, 0.3) is 5.22 Å². The molecule has 96 valence electrons. The van der Waals surface area contributed by atoms with Gasteiger partial charge in [0, 0.05) is 9.92 Å². The van der Waals surface area contributed by atoms with E-state index in [1.807, 2.05) is 30.3 Å². The van der Waals surface area contributed by atoms with Crippen LogP contribution in [0.3, 0.4) is 0 Å². The molecule has 2 aromatic carbocycles. The van der Waals surface area contributed by atoms with Crippen LogP contribution in [0, 0.1) is 0 Å². The Labute approximate surface area is 119 Å². The Kier molecular flexibility index (Phi) is 3.46. The molecular formula is C14H10ClNO2S. The lowest BCUT2D eigenvalue weighted by atomic mass is 10.2. The van der Waals surface area contributed by atoms with Gasteiger partial charge in [0.15, 0.2) is 5.58 Å². The molecule has 0 aliphatic carbocycles. The summed E-state index contributed by atoms with van der Waals surface area (Å²) in [7, 11) is 0. The van der Waals surface area contributed by atoms with Crippen LogP contribution in [0.5, 0.6) is 0 Å². The SMILES string of the molecule is OCc1ccc(Sc2nc3ccccc3o2)cc1Cl. The number of aromatic nitrogens is 1. The summed E-state index contributed by atoms with van der Waals surface area (Å²) in [4.78, 5) is 5.31. The van der Waals surface area contributed by atoms with Crippen LogP contribution < -0.4 is 0 Å². The van der Waals surface area contributed by atoms with Gasteiger partial charge in [-0.1, -0.05) is 29.8 Å². The zero-order valence-electron chi connectivity index (χ0n) is 9.84. The first-order valence-corrected chi connectivity index (χ1v) is 6.88. The standard InChI is InChI=1S/C14H10ClNO2S/c15-11-7-10(6-5-9(11)8-17)19-14-16-12-3-1-2-4-13(12)18-14/h1-7,17H,8H2. The maximum atomic E-state index is 9.07. The largest absolute Gasteiger partial charge is 0.431 e. The van der Waals surface area contributed by atoms with Crippen molar-refractivity contribution < 1.29 is 9.52 Å². The summed E-state index contributed by atoms with van der Waals surface area (Å²) in [6.07, 6.45) is 0. The average molecular weight is 292 g/mol. The van der Waals surface area contributed by atoms with Crippen molar-refractivity contribution in [2.45, 2.75) is 16.7 Å². The van der Waals surface area contributed by atoms with E-state index in [9.17, 15) is 0 Å². The first-order chi connectivity index (χ1) is 9.26. The van der Waals surface area contributed by atoms with Crippen molar-refractivity contribution in [2.75, 3.05) is 0 Å². The zero-order chi connectivity index (χ0) is 13.2. The lowest BCUT2D eigenvalue weighted by Crippen LogP contribution is -1.84. The third-order valence-electron chi connectivity index (χ3n) is 2.67. The number of para-hydroxylation sites is 2. The van der Waals surface area contributed by atoms with E-state index in [0.29, 0.717) is 15.8 Å². The maximum absolute atomic E-state index is 9.07. The summed E-state index contributed by atoms with van der Waals surface area (Å²) >= 11 is 7.45. The van der Waals surface area contributed by atoms with Crippen LogP contribution in [0.25, 0.3) is 11.1 Å². The molecule has 0 spiro atoms. The summed E-state index contributed by atoms with van der Waals surface area (Å²) in [5, 5.41) is 10.2. The second-order valence-electron chi connectivity index (χ2n) is 3.96. The Morgan fingerprint density at radius 1 is 1.21 bits per heavy atom. The van der Waals surface area contributed by atoms with Crippen molar-refractivity contribution in [3.05, 3.63) is 53.1 Å². The average Bonchev–Trinajstić information content (AvgIpc) is 2.81. The van der Waals surface area contributed by atoms with E-state index in [0.717, 1.165) is 16.0 Å². The number of aliphatic hydroxyl groups excluding tert-OH is 1. The van der Waals surface area contributed by atoms with Crippen molar-refractivity contribution in [1.29, 1.82) is 0 Å². The Hall–Kier alpha value is -1.49. The number of benzene rings is 2. The number of halogens is 1. The predicted molar refractivity (Wildman–Crippen MR) is 75.5 cm³/mol. The van der Waals surface area contributed by atoms with Crippen LogP contribution in [0.15, 0.2) is 57.0 Å². The molecule has 1 aromatic heterocycles. The molecule has 0 saturated carbocycles. The number of nitrogens with zero attached hydrogens (tertiary/aromatic N) is 1. The van der Waals surface area contributed by atoms with Gasteiger partial charge in [-0.15, -0.1) is 0 Å². The fraction of sp³-hybridized carbons (Fsp3) is 0.0714. The highest BCUT2D eigenvalue weighted by molar-refractivity contribution is 7.99. The van der Waals surface area contributed by atoms with E-state index < -0.39 is 0 Å². The Morgan fingerprint density at radius 2 is 2.05 bits per heavy atom. The lowest BCUT2D eigenvalue weighted by molar-refractivity contribution is 0.282. The monoisotopic (exact) mass is 291 g/mol. The highest BCUT2D eigenvalue weighted by Crippen LogP contribution is 2.32. The second kappa shape index (κ2) is 5.25. The molecule has 0 bridgehead atoms. The topological polar surface area (TPSA) is 46.3 Å². The minimum absolute atomic E-state index is 0.0628. The smallest absolute Gasteiger partial charge is 0.261 e. The van der Waals surface area contributed by atoms with E-state index >= 15 is 0 Å². The molecule has 0 atom stereocenters. The van der Waals surface area contributed by atoms with Crippen LogP contribution in [0.1, 0.15) is 5.56 Å². The summed E-state index contributed by atoms with van der Waals surface area (Å²) in [5.74, 6) is 0. The van der Waals surface area contributed by atoms with Gasteiger partial charge < -0.3 is 9.52 Å². The Bertz CT molecular complexity index is 693. The molecule has 3 rings (SSSR count). The molecule has 1 heterocycles. The first kappa shape index (κ1) is 12.5. The molecule has 3 aromatic rings. The summed E-state index contributed by atoms with van der Waals surface area (Å²) < 4.78 is 5.63. The molecule has 0 saturated heterocycles. The highest BCUT2D eigenvalue weighted by atomic mass is 35.5. The zero-order valence-corrected chi connectivity index (χ0v) is 11.4. The molecule has 3 nitrogen and oxygen atoms in total. The lowest BCUT2D eigenvalue weighted by Gasteiger charge is -2.02. The van der Waals surface area contributed by atoms with Gasteiger partial charge in [-0.2, -0.15) is 0 Å².